The zero-order chi connectivity index (χ0) is 15.7. The largest absolute Gasteiger partial charge is 0.416 e. The van der Waals surface area contributed by atoms with Crippen LogP contribution in [0.1, 0.15) is 31.2 Å². The molecular weight excluding hydrogens is 303 g/mol. The molecule has 0 aromatic heterocycles. The van der Waals surface area contributed by atoms with E-state index in [1.165, 1.54) is 12.3 Å². The second-order valence-electron chi connectivity index (χ2n) is 5.54. The fourth-order valence-corrected chi connectivity index (χ4v) is 3.86. The van der Waals surface area contributed by atoms with Crippen LogP contribution in [-0.4, -0.2) is 26.0 Å². The molecule has 1 aliphatic carbocycles. The number of alkyl halides is 3. The van der Waals surface area contributed by atoms with Crippen LogP contribution in [0.4, 0.5) is 18.9 Å². The zero-order valence-corrected chi connectivity index (χ0v) is 12.5. The monoisotopic (exact) mass is 321 g/mol. The first kappa shape index (κ1) is 16.1. The van der Waals surface area contributed by atoms with Gasteiger partial charge in [-0.05, 0) is 37.5 Å². The van der Waals surface area contributed by atoms with E-state index in [4.69, 9.17) is 0 Å². The minimum Gasteiger partial charge on any atom is -0.382 e. The van der Waals surface area contributed by atoms with Gasteiger partial charge in [0.1, 0.15) is 9.84 Å². The highest BCUT2D eigenvalue weighted by Crippen LogP contribution is 2.32. The molecule has 7 heteroatoms. The van der Waals surface area contributed by atoms with Crippen LogP contribution in [0.15, 0.2) is 24.3 Å². The van der Waals surface area contributed by atoms with Crippen LogP contribution in [0.3, 0.4) is 0 Å². The van der Waals surface area contributed by atoms with Crippen molar-refractivity contribution in [3.8, 4) is 0 Å². The van der Waals surface area contributed by atoms with Crippen molar-refractivity contribution in [3.05, 3.63) is 29.8 Å². The van der Waals surface area contributed by atoms with Gasteiger partial charge < -0.3 is 5.32 Å². The average Bonchev–Trinajstić information content (AvgIpc) is 2.37. The van der Waals surface area contributed by atoms with Gasteiger partial charge in [0.25, 0.3) is 0 Å². The van der Waals surface area contributed by atoms with E-state index in [0.29, 0.717) is 18.5 Å². The number of sulfone groups is 1. The van der Waals surface area contributed by atoms with E-state index in [2.05, 4.69) is 5.32 Å². The van der Waals surface area contributed by atoms with Crippen molar-refractivity contribution < 1.29 is 21.6 Å². The van der Waals surface area contributed by atoms with E-state index >= 15 is 0 Å². The number of hydrogen-bond acceptors (Lipinski definition) is 3. The van der Waals surface area contributed by atoms with Crippen molar-refractivity contribution in [1.29, 1.82) is 0 Å². The second kappa shape index (κ2) is 5.87. The summed E-state index contributed by atoms with van der Waals surface area (Å²) >= 11 is 0. The summed E-state index contributed by atoms with van der Waals surface area (Å²) in [5.41, 5.74) is -0.327. The minimum atomic E-state index is -4.38. The van der Waals surface area contributed by atoms with Gasteiger partial charge in [0.05, 0.1) is 10.8 Å². The van der Waals surface area contributed by atoms with Crippen molar-refractivity contribution in [3.63, 3.8) is 0 Å². The Morgan fingerprint density at radius 1 is 1.24 bits per heavy atom. The SMILES string of the molecule is CS(=O)(=O)C1CCCC(Nc2cccc(C(F)(F)F)c2)C1. The predicted molar refractivity (Wildman–Crippen MR) is 76.0 cm³/mol. The lowest BCUT2D eigenvalue weighted by atomic mass is 9.94. The van der Waals surface area contributed by atoms with Gasteiger partial charge in [-0.25, -0.2) is 8.42 Å². The van der Waals surface area contributed by atoms with E-state index < -0.39 is 26.8 Å². The average molecular weight is 321 g/mol. The van der Waals surface area contributed by atoms with Crippen molar-refractivity contribution in [2.24, 2.45) is 0 Å². The Balaban J connectivity index is 2.08. The molecule has 1 aromatic rings. The zero-order valence-electron chi connectivity index (χ0n) is 11.7. The normalized spacial score (nSPS) is 23.8. The third-order valence-electron chi connectivity index (χ3n) is 3.79. The Hall–Kier alpha value is -1.24. The predicted octanol–water partition coefficient (Wildman–Crippen LogP) is 3.47. The van der Waals surface area contributed by atoms with Crippen molar-refractivity contribution in [1.82, 2.24) is 0 Å². The molecule has 0 aliphatic heterocycles. The van der Waals surface area contributed by atoms with Crippen LogP contribution in [0, 0.1) is 0 Å². The Labute approximate surface area is 122 Å². The molecule has 1 aromatic carbocycles. The molecule has 1 saturated carbocycles. The topological polar surface area (TPSA) is 46.2 Å². The number of benzene rings is 1. The molecule has 2 atom stereocenters. The summed E-state index contributed by atoms with van der Waals surface area (Å²) in [6.07, 6.45) is -0.574. The van der Waals surface area contributed by atoms with E-state index in [1.807, 2.05) is 0 Å². The summed E-state index contributed by atoms with van der Waals surface area (Å²) in [6.45, 7) is 0. The molecular formula is C14H18F3NO2S. The lowest BCUT2D eigenvalue weighted by Crippen LogP contribution is -2.34. The maximum absolute atomic E-state index is 12.7. The molecule has 1 aliphatic rings. The van der Waals surface area contributed by atoms with E-state index in [0.717, 1.165) is 25.0 Å². The highest BCUT2D eigenvalue weighted by Gasteiger charge is 2.31. The molecule has 1 N–H and O–H groups in total. The van der Waals surface area contributed by atoms with Crippen LogP contribution < -0.4 is 5.32 Å². The van der Waals surface area contributed by atoms with Crippen molar-refractivity contribution in [2.75, 3.05) is 11.6 Å². The Morgan fingerprint density at radius 2 is 1.95 bits per heavy atom. The van der Waals surface area contributed by atoms with Crippen LogP contribution in [-0.2, 0) is 16.0 Å². The molecule has 0 spiro atoms. The second-order valence-corrected chi connectivity index (χ2v) is 7.86. The summed E-state index contributed by atoms with van der Waals surface area (Å²) < 4.78 is 61.2. The quantitative estimate of drug-likeness (QED) is 0.927. The first-order valence-corrected chi connectivity index (χ1v) is 8.74. The van der Waals surface area contributed by atoms with Crippen LogP contribution >= 0.6 is 0 Å². The van der Waals surface area contributed by atoms with E-state index in [-0.39, 0.29) is 6.04 Å². The fourth-order valence-electron chi connectivity index (χ4n) is 2.69. The van der Waals surface area contributed by atoms with E-state index in [9.17, 15) is 21.6 Å². The highest BCUT2D eigenvalue weighted by atomic mass is 32.2. The standard InChI is InChI=1S/C14H18F3NO2S/c1-21(19,20)13-7-3-6-12(9-13)18-11-5-2-4-10(8-11)14(15,16)17/h2,4-5,8,12-13,18H,3,6-7,9H2,1H3. The van der Waals surface area contributed by atoms with Gasteiger partial charge in [-0.2, -0.15) is 13.2 Å². The lowest BCUT2D eigenvalue weighted by Gasteiger charge is -2.29. The van der Waals surface area contributed by atoms with Gasteiger partial charge in [-0.3, -0.25) is 0 Å². The minimum absolute atomic E-state index is 0.109. The summed E-state index contributed by atoms with van der Waals surface area (Å²) in [5, 5.41) is 2.62. The summed E-state index contributed by atoms with van der Waals surface area (Å²) in [6, 6.07) is 4.89. The lowest BCUT2D eigenvalue weighted by molar-refractivity contribution is -0.137. The Kier molecular flexibility index (Phi) is 4.51. The van der Waals surface area contributed by atoms with Crippen LogP contribution in [0.25, 0.3) is 0 Å². The molecule has 1 fully saturated rings. The summed E-state index contributed by atoms with van der Waals surface area (Å²) in [7, 11) is -3.10. The molecule has 0 heterocycles. The highest BCUT2D eigenvalue weighted by molar-refractivity contribution is 7.91. The van der Waals surface area contributed by atoms with Gasteiger partial charge >= 0.3 is 6.18 Å². The van der Waals surface area contributed by atoms with Crippen molar-refractivity contribution >= 4 is 15.5 Å². The maximum atomic E-state index is 12.7. The number of halogens is 3. The molecule has 0 saturated heterocycles. The number of anilines is 1. The molecule has 0 bridgehead atoms. The molecule has 118 valence electrons. The Morgan fingerprint density at radius 3 is 2.57 bits per heavy atom. The van der Waals surface area contributed by atoms with E-state index in [1.54, 1.807) is 6.07 Å². The third kappa shape index (κ3) is 4.36. The smallest absolute Gasteiger partial charge is 0.382 e. The van der Waals surface area contributed by atoms with Gasteiger partial charge in [-0.15, -0.1) is 0 Å². The number of nitrogens with one attached hydrogen (secondary N) is 1. The fraction of sp³-hybridized carbons (Fsp3) is 0.571. The maximum Gasteiger partial charge on any atom is 0.416 e. The molecule has 2 rings (SSSR count). The van der Waals surface area contributed by atoms with Gasteiger partial charge in [0, 0.05) is 18.0 Å². The summed E-state index contributed by atoms with van der Waals surface area (Å²) in [5.74, 6) is 0. The van der Waals surface area contributed by atoms with Gasteiger partial charge in [0.2, 0.25) is 0 Å². The third-order valence-corrected chi connectivity index (χ3v) is 5.43. The molecule has 3 nitrogen and oxygen atoms in total. The van der Waals surface area contributed by atoms with Crippen molar-refractivity contribution in [2.45, 2.75) is 43.2 Å². The van der Waals surface area contributed by atoms with Gasteiger partial charge in [-0.1, -0.05) is 12.5 Å². The van der Waals surface area contributed by atoms with Crippen LogP contribution in [0.2, 0.25) is 0 Å². The summed E-state index contributed by atoms with van der Waals surface area (Å²) in [4.78, 5) is 0. The Bertz CT molecular complexity index is 598. The number of hydrogen-bond donors (Lipinski definition) is 1. The molecule has 2 unspecified atom stereocenters. The first-order valence-electron chi connectivity index (χ1n) is 6.79. The molecule has 0 amide bonds. The molecule has 21 heavy (non-hydrogen) atoms. The molecule has 0 radical (unpaired) electrons. The van der Waals surface area contributed by atoms with Gasteiger partial charge in [0.15, 0.2) is 0 Å². The first-order chi connectivity index (χ1) is 9.66. The van der Waals surface area contributed by atoms with Crippen LogP contribution in [0.5, 0.6) is 0 Å². The number of rotatable bonds is 3.